The Morgan fingerprint density at radius 3 is 2.62 bits per heavy atom. The van der Waals surface area contributed by atoms with E-state index in [-0.39, 0.29) is 4.47 Å². The van der Waals surface area contributed by atoms with Gasteiger partial charge < -0.3 is 9.67 Å². The molecule has 0 aromatic carbocycles. The zero-order valence-corrected chi connectivity index (χ0v) is 9.67. The second-order valence-corrected chi connectivity index (χ2v) is 3.89. The smallest absolute Gasteiger partial charge is 0.333 e. The number of rotatable bonds is 3. The molecule has 1 unspecified atom stereocenters. The van der Waals surface area contributed by atoms with Crippen LogP contribution in [0.25, 0.3) is 0 Å². The van der Waals surface area contributed by atoms with E-state index in [4.69, 9.17) is 5.11 Å². The molecule has 86 valence electrons. The number of nitro groups is 1. The van der Waals surface area contributed by atoms with Crippen LogP contribution in [0.1, 0.15) is 13.0 Å². The Bertz CT molecular complexity index is 510. The van der Waals surface area contributed by atoms with Gasteiger partial charge in [0.1, 0.15) is 6.04 Å². The molecule has 16 heavy (non-hydrogen) atoms. The first-order chi connectivity index (χ1) is 7.34. The van der Waals surface area contributed by atoms with E-state index in [1.54, 1.807) is 0 Å². The summed E-state index contributed by atoms with van der Waals surface area (Å²) in [5.41, 5.74) is -1.44. The van der Waals surface area contributed by atoms with Crippen LogP contribution in [0.3, 0.4) is 0 Å². The summed E-state index contributed by atoms with van der Waals surface area (Å²) in [7, 11) is 0. The average molecular weight is 291 g/mol. The number of nitrogens with zero attached hydrogens (tertiary/aromatic N) is 2. The van der Waals surface area contributed by atoms with Crippen LogP contribution >= 0.6 is 15.9 Å². The van der Waals surface area contributed by atoms with E-state index in [1.807, 2.05) is 0 Å². The van der Waals surface area contributed by atoms with Crippen molar-refractivity contribution >= 4 is 27.6 Å². The minimum atomic E-state index is -1.15. The molecule has 0 aliphatic rings. The highest BCUT2D eigenvalue weighted by Crippen LogP contribution is 2.15. The number of aromatic nitrogens is 1. The van der Waals surface area contributed by atoms with Gasteiger partial charge in [0.2, 0.25) is 0 Å². The Kier molecular flexibility index (Phi) is 3.43. The lowest BCUT2D eigenvalue weighted by atomic mass is 10.3. The first kappa shape index (κ1) is 12.4. The monoisotopic (exact) mass is 290 g/mol. The summed E-state index contributed by atoms with van der Waals surface area (Å²) in [4.78, 5) is 31.7. The van der Waals surface area contributed by atoms with E-state index < -0.39 is 28.1 Å². The molecule has 1 heterocycles. The Morgan fingerprint density at radius 2 is 2.19 bits per heavy atom. The van der Waals surface area contributed by atoms with Crippen LogP contribution in [0.15, 0.2) is 21.7 Å². The molecule has 1 rings (SSSR count). The zero-order valence-electron chi connectivity index (χ0n) is 8.08. The number of carboxylic acids is 1. The van der Waals surface area contributed by atoms with Crippen LogP contribution in [-0.4, -0.2) is 20.6 Å². The molecular formula is C8H7BrN2O5. The lowest BCUT2D eigenvalue weighted by Crippen LogP contribution is -2.19. The number of carbonyl (C=O) groups is 1. The predicted molar refractivity (Wildman–Crippen MR) is 57.4 cm³/mol. The van der Waals surface area contributed by atoms with Crippen molar-refractivity contribution in [2.45, 2.75) is 13.0 Å². The van der Waals surface area contributed by atoms with E-state index in [2.05, 4.69) is 15.9 Å². The third kappa shape index (κ3) is 2.27. The number of pyridine rings is 1. The third-order valence-electron chi connectivity index (χ3n) is 1.98. The first-order valence-corrected chi connectivity index (χ1v) is 4.92. The van der Waals surface area contributed by atoms with Gasteiger partial charge in [0, 0.05) is 6.20 Å². The normalized spacial score (nSPS) is 12.1. The summed E-state index contributed by atoms with van der Waals surface area (Å²) in [6, 6.07) is -0.990. The highest BCUT2D eigenvalue weighted by Gasteiger charge is 2.20. The quantitative estimate of drug-likeness (QED) is 0.665. The Balaban J connectivity index is 3.41. The van der Waals surface area contributed by atoms with Crippen LogP contribution < -0.4 is 5.43 Å². The molecule has 0 bridgehead atoms. The SMILES string of the molecule is CC(C(=O)O)n1cc(Br)c(=O)c([N+](=O)[O-])c1. The van der Waals surface area contributed by atoms with Crippen molar-refractivity contribution in [2.75, 3.05) is 0 Å². The fraction of sp³-hybridized carbons (Fsp3) is 0.250. The molecule has 0 saturated carbocycles. The van der Waals surface area contributed by atoms with Crippen molar-refractivity contribution in [3.8, 4) is 0 Å². The Hall–Kier alpha value is -1.70. The molecule has 0 saturated heterocycles. The van der Waals surface area contributed by atoms with Gasteiger partial charge in [-0.2, -0.15) is 0 Å². The van der Waals surface area contributed by atoms with Crippen LogP contribution in [-0.2, 0) is 4.79 Å². The summed E-state index contributed by atoms with van der Waals surface area (Å²) in [6.45, 7) is 1.35. The van der Waals surface area contributed by atoms with Gasteiger partial charge in [-0.15, -0.1) is 0 Å². The predicted octanol–water partition coefficient (Wildman–Crippen LogP) is 1.16. The second-order valence-electron chi connectivity index (χ2n) is 3.04. The van der Waals surface area contributed by atoms with Crippen molar-refractivity contribution < 1.29 is 14.8 Å². The summed E-state index contributed by atoms with van der Waals surface area (Å²) in [5, 5.41) is 19.3. The molecule has 8 heteroatoms. The molecule has 0 amide bonds. The first-order valence-electron chi connectivity index (χ1n) is 4.13. The molecule has 1 aromatic rings. The number of hydrogen-bond acceptors (Lipinski definition) is 4. The van der Waals surface area contributed by atoms with Crippen molar-refractivity contribution in [3.05, 3.63) is 37.2 Å². The standard InChI is InChI=1S/C8H7BrN2O5/c1-4(8(13)14)10-2-5(9)7(12)6(3-10)11(15)16/h2-4H,1H3,(H,13,14). The maximum absolute atomic E-state index is 11.3. The lowest BCUT2D eigenvalue weighted by molar-refractivity contribution is -0.386. The van der Waals surface area contributed by atoms with Crippen molar-refractivity contribution in [2.24, 2.45) is 0 Å². The summed E-state index contributed by atoms with van der Waals surface area (Å²) in [6.07, 6.45) is 2.11. The molecule has 0 spiro atoms. The molecule has 0 aliphatic carbocycles. The van der Waals surface area contributed by atoms with Gasteiger partial charge >= 0.3 is 11.7 Å². The highest BCUT2D eigenvalue weighted by molar-refractivity contribution is 9.10. The largest absolute Gasteiger partial charge is 0.480 e. The van der Waals surface area contributed by atoms with E-state index in [0.29, 0.717) is 0 Å². The summed E-state index contributed by atoms with van der Waals surface area (Å²) >= 11 is 2.85. The summed E-state index contributed by atoms with van der Waals surface area (Å²) < 4.78 is 1.04. The van der Waals surface area contributed by atoms with Gasteiger partial charge in [-0.25, -0.2) is 4.79 Å². The van der Waals surface area contributed by atoms with Gasteiger partial charge in [-0.05, 0) is 22.9 Å². The van der Waals surface area contributed by atoms with Gasteiger partial charge in [-0.3, -0.25) is 14.9 Å². The van der Waals surface area contributed by atoms with E-state index in [9.17, 15) is 19.7 Å². The van der Waals surface area contributed by atoms with Crippen LogP contribution in [0.2, 0.25) is 0 Å². The Labute approximate surface area is 97.6 Å². The molecule has 0 aliphatic heterocycles. The zero-order chi connectivity index (χ0) is 12.5. The number of hydrogen-bond donors (Lipinski definition) is 1. The molecular weight excluding hydrogens is 284 g/mol. The van der Waals surface area contributed by atoms with Gasteiger partial charge in [-0.1, -0.05) is 0 Å². The molecule has 1 atom stereocenters. The lowest BCUT2D eigenvalue weighted by Gasteiger charge is -2.10. The number of halogens is 1. The maximum Gasteiger partial charge on any atom is 0.333 e. The van der Waals surface area contributed by atoms with E-state index >= 15 is 0 Å². The van der Waals surface area contributed by atoms with Gasteiger partial charge in [0.25, 0.3) is 5.43 Å². The van der Waals surface area contributed by atoms with Crippen LogP contribution in [0.4, 0.5) is 5.69 Å². The van der Waals surface area contributed by atoms with Crippen molar-refractivity contribution in [3.63, 3.8) is 0 Å². The fourth-order valence-corrected chi connectivity index (χ4v) is 1.47. The highest BCUT2D eigenvalue weighted by atomic mass is 79.9. The third-order valence-corrected chi connectivity index (χ3v) is 2.55. The minimum absolute atomic E-state index is 0.0465. The molecule has 0 radical (unpaired) electrons. The maximum atomic E-state index is 11.3. The second kappa shape index (κ2) is 4.44. The van der Waals surface area contributed by atoms with Crippen LogP contribution in [0, 0.1) is 10.1 Å². The van der Waals surface area contributed by atoms with Gasteiger partial charge in [0.15, 0.2) is 0 Å². The van der Waals surface area contributed by atoms with Crippen molar-refractivity contribution in [1.29, 1.82) is 0 Å². The molecule has 7 nitrogen and oxygen atoms in total. The average Bonchev–Trinajstić information content (AvgIpc) is 2.20. The van der Waals surface area contributed by atoms with Crippen LogP contribution in [0.5, 0.6) is 0 Å². The minimum Gasteiger partial charge on any atom is -0.480 e. The molecule has 1 aromatic heterocycles. The topological polar surface area (TPSA) is 102 Å². The number of carboxylic acid groups (broad SMARTS) is 1. The molecule has 1 N–H and O–H groups in total. The van der Waals surface area contributed by atoms with E-state index in [0.717, 1.165) is 10.8 Å². The van der Waals surface area contributed by atoms with Gasteiger partial charge in [0.05, 0.1) is 15.6 Å². The molecule has 0 fully saturated rings. The fourth-order valence-electron chi connectivity index (χ4n) is 1.03. The summed E-state index contributed by atoms with van der Waals surface area (Å²) in [5.74, 6) is -1.15. The Morgan fingerprint density at radius 1 is 1.62 bits per heavy atom. The van der Waals surface area contributed by atoms with E-state index in [1.165, 1.54) is 13.1 Å². The number of aliphatic carboxylic acids is 1. The van der Waals surface area contributed by atoms with Crippen molar-refractivity contribution in [1.82, 2.24) is 4.57 Å².